The van der Waals surface area contributed by atoms with Crippen LogP contribution in [0.1, 0.15) is 12.8 Å². The van der Waals surface area contributed by atoms with E-state index in [2.05, 4.69) is 35.7 Å². The summed E-state index contributed by atoms with van der Waals surface area (Å²) >= 11 is 0. The van der Waals surface area contributed by atoms with E-state index in [0.717, 1.165) is 13.0 Å². The van der Waals surface area contributed by atoms with Gasteiger partial charge in [0.05, 0.1) is 0 Å². The van der Waals surface area contributed by atoms with E-state index in [1.165, 1.54) is 17.8 Å². The summed E-state index contributed by atoms with van der Waals surface area (Å²) in [7, 11) is 0. The molecule has 1 fully saturated rings. The van der Waals surface area contributed by atoms with E-state index in [0.29, 0.717) is 0 Å². The number of nitrogens with zero attached hydrogens (tertiary/aromatic N) is 1. The third kappa shape index (κ3) is 1.22. The lowest BCUT2D eigenvalue weighted by atomic mass is 10.3. The second-order valence-electron chi connectivity index (χ2n) is 3.16. The van der Waals surface area contributed by atoms with Crippen LogP contribution in [0.2, 0.25) is 0 Å². The minimum absolute atomic E-state index is 1.13. The Morgan fingerprint density at radius 2 is 1.92 bits per heavy atom. The first kappa shape index (κ1) is 7.41. The maximum atomic E-state index is 4.04. The number of para-hydroxylation sites is 1. The molecule has 0 atom stereocenters. The van der Waals surface area contributed by atoms with Crippen molar-refractivity contribution >= 4 is 5.69 Å². The predicted octanol–water partition coefficient (Wildman–Crippen LogP) is 2.80. The van der Waals surface area contributed by atoms with Gasteiger partial charge in [-0.2, -0.15) is 0 Å². The fraction of sp³-hybridized carbons (Fsp3) is 0.273. The van der Waals surface area contributed by atoms with Gasteiger partial charge >= 0.3 is 0 Å². The van der Waals surface area contributed by atoms with Gasteiger partial charge in [0.15, 0.2) is 0 Å². The molecule has 0 unspecified atom stereocenters. The summed E-state index contributed by atoms with van der Waals surface area (Å²) in [5.74, 6) is 0. The van der Waals surface area contributed by atoms with E-state index in [4.69, 9.17) is 0 Å². The molecular formula is C11H13N. The lowest BCUT2D eigenvalue weighted by molar-refractivity contribution is 0.956. The average Bonchev–Trinajstić information content (AvgIpc) is 2.53. The molecule has 2 rings (SSSR count). The largest absolute Gasteiger partial charge is 0.346 e. The molecule has 0 amide bonds. The van der Waals surface area contributed by atoms with E-state index in [1.807, 2.05) is 6.07 Å². The van der Waals surface area contributed by atoms with E-state index >= 15 is 0 Å². The molecule has 0 saturated carbocycles. The molecule has 0 spiro atoms. The highest BCUT2D eigenvalue weighted by Gasteiger charge is 2.15. The number of hydrogen-bond acceptors (Lipinski definition) is 1. The number of benzene rings is 1. The molecule has 0 aliphatic carbocycles. The molecule has 0 radical (unpaired) electrons. The average molecular weight is 159 g/mol. The van der Waals surface area contributed by atoms with Gasteiger partial charge < -0.3 is 4.90 Å². The van der Waals surface area contributed by atoms with E-state index in [9.17, 15) is 0 Å². The van der Waals surface area contributed by atoms with Gasteiger partial charge in [0.2, 0.25) is 0 Å². The Morgan fingerprint density at radius 1 is 1.17 bits per heavy atom. The summed E-state index contributed by atoms with van der Waals surface area (Å²) in [4.78, 5) is 2.29. The molecule has 1 aliphatic rings. The zero-order valence-electron chi connectivity index (χ0n) is 7.16. The maximum Gasteiger partial charge on any atom is 0.0408 e. The summed E-state index contributed by atoms with van der Waals surface area (Å²) in [6.07, 6.45) is 2.39. The van der Waals surface area contributed by atoms with Crippen LogP contribution in [0.25, 0.3) is 0 Å². The Hall–Kier alpha value is -1.24. The highest BCUT2D eigenvalue weighted by molar-refractivity contribution is 5.52. The molecule has 12 heavy (non-hydrogen) atoms. The monoisotopic (exact) mass is 159 g/mol. The highest BCUT2D eigenvalue weighted by atomic mass is 15.2. The minimum Gasteiger partial charge on any atom is -0.346 e. The van der Waals surface area contributed by atoms with Crippen LogP contribution in [-0.4, -0.2) is 6.54 Å². The van der Waals surface area contributed by atoms with Crippen LogP contribution < -0.4 is 4.90 Å². The molecule has 62 valence electrons. The lowest BCUT2D eigenvalue weighted by Gasteiger charge is -2.18. The fourth-order valence-electron chi connectivity index (χ4n) is 1.65. The number of hydrogen-bond donors (Lipinski definition) is 0. The van der Waals surface area contributed by atoms with Gasteiger partial charge in [-0.1, -0.05) is 24.8 Å². The lowest BCUT2D eigenvalue weighted by Crippen LogP contribution is -2.14. The Balaban J connectivity index is 2.25. The summed E-state index contributed by atoms with van der Waals surface area (Å²) in [5.41, 5.74) is 2.53. The van der Waals surface area contributed by atoms with Crippen molar-refractivity contribution in [2.75, 3.05) is 11.4 Å². The van der Waals surface area contributed by atoms with Crippen LogP contribution in [0.3, 0.4) is 0 Å². The first-order valence-corrected chi connectivity index (χ1v) is 4.38. The second-order valence-corrected chi connectivity index (χ2v) is 3.16. The molecule has 1 aromatic rings. The maximum absolute atomic E-state index is 4.04. The molecular weight excluding hydrogens is 146 g/mol. The van der Waals surface area contributed by atoms with Crippen LogP contribution in [0.5, 0.6) is 0 Å². The molecule has 1 aromatic carbocycles. The summed E-state index contributed by atoms with van der Waals surface area (Å²) in [6, 6.07) is 10.5. The Bertz CT molecular complexity index is 276. The Morgan fingerprint density at radius 3 is 2.50 bits per heavy atom. The van der Waals surface area contributed by atoms with Crippen LogP contribution in [0.4, 0.5) is 5.69 Å². The van der Waals surface area contributed by atoms with Crippen molar-refractivity contribution in [3.63, 3.8) is 0 Å². The molecule has 1 heteroatoms. The molecule has 1 heterocycles. The van der Waals surface area contributed by atoms with Gasteiger partial charge in [0, 0.05) is 17.9 Å². The van der Waals surface area contributed by atoms with Crippen LogP contribution in [-0.2, 0) is 0 Å². The van der Waals surface area contributed by atoms with Gasteiger partial charge in [-0.25, -0.2) is 0 Å². The molecule has 0 aromatic heterocycles. The molecule has 1 nitrogen and oxygen atoms in total. The van der Waals surface area contributed by atoms with Crippen LogP contribution in [0, 0.1) is 0 Å². The summed E-state index contributed by atoms with van der Waals surface area (Å²) in [6.45, 7) is 5.17. The van der Waals surface area contributed by atoms with Gasteiger partial charge in [-0.05, 0) is 25.0 Å². The van der Waals surface area contributed by atoms with Gasteiger partial charge in [-0.3, -0.25) is 0 Å². The van der Waals surface area contributed by atoms with Crippen molar-refractivity contribution in [1.29, 1.82) is 0 Å². The third-order valence-electron chi connectivity index (χ3n) is 2.30. The standard InChI is InChI=1S/C11H13N/c1-10-6-5-9-12(10)11-7-3-2-4-8-11/h2-4,7-8H,1,5-6,9H2. The summed E-state index contributed by atoms with van der Waals surface area (Å²) < 4.78 is 0. The van der Waals surface area contributed by atoms with Crippen molar-refractivity contribution in [2.45, 2.75) is 12.8 Å². The predicted molar refractivity (Wildman–Crippen MR) is 52.2 cm³/mol. The van der Waals surface area contributed by atoms with Crippen molar-refractivity contribution in [1.82, 2.24) is 0 Å². The first-order chi connectivity index (χ1) is 5.88. The Labute approximate surface area is 73.3 Å². The van der Waals surface area contributed by atoms with Gasteiger partial charge in [-0.15, -0.1) is 0 Å². The zero-order chi connectivity index (χ0) is 8.39. The van der Waals surface area contributed by atoms with E-state index in [-0.39, 0.29) is 0 Å². The topological polar surface area (TPSA) is 3.24 Å². The number of allylic oxidation sites excluding steroid dienone is 1. The van der Waals surface area contributed by atoms with Crippen molar-refractivity contribution in [2.24, 2.45) is 0 Å². The van der Waals surface area contributed by atoms with Crippen LogP contribution in [0.15, 0.2) is 42.6 Å². The molecule has 0 N–H and O–H groups in total. The molecule has 0 bridgehead atoms. The zero-order valence-corrected chi connectivity index (χ0v) is 7.16. The quantitative estimate of drug-likeness (QED) is 0.609. The first-order valence-electron chi connectivity index (χ1n) is 4.38. The SMILES string of the molecule is C=C1CCCN1c1ccccc1. The van der Waals surface area contributed by atoms with Crippen molar-refractivity contribution in [3.05, 3.63) is 42.6 Å². The van der Waals surface area contributed by atoms with E-state index in [1.54, 1.807) is 0 Å². The van der Waals surface area contributed by atoms with Gasteiger partial charge in [0.1, 0.15) is 0 Å². The van der Waals surface area contributed by atoms with Gasteiger partial charge in [0.25, 0.3) is 0 Å². The molecule has 1 saturated heterocycles. The fourth-order valence-corrected chi connectivity index (χ4v) is 1.65. The minimum atomic E-state index is 1.13. The van der Waals surface area contributed by atoms with Crippen molar-refractivity contribution < 1.29 is 0 Å². The summed E-state index contributed by atoms with van der Waals surface area (Å²) in [5, 5.41) is 0. The normalized spacial score (nSPS) is 17.0. The molecule has 1 aliphatic heterocycles. The highest BCUT2D eigenvalue weighted by Crippen LogP contribution is 2.26. The number of anilines is 1. The third-order valence-corrected chi connectivity index (χ3v) is 2.30. The second kappa shape index (κ2) is 3.02. The smallest absolute Gasteiger partial charge is 0.0408 e. The van der Waals surface area contributed by atoms with Crippen LogP contribution >= 0.6 is 0 Å². The Kier molecular flexibility index (Phi) is 1.86. The van der Waals surface area contributed by atoms with E-state index < -0.39 is 0 Å². The number of rotatable bonds is 1. The van der Waals surface area contributed by atoms with Crippen molar-refractivity contribution in [3.8, 4) is 0 Å².